The summed E-state index contributed by atoms with van der Waals surface area (Å²) in [7, 11) is 1.90. The Balaban J connectivity index is 2.51. The van der Waals surface area contributed by atoms with Gasteiger partial charge in [0.15, 0.2) is 0 Å². The molecule has 1 aromatic carbocycles. The molecule has 0 heterocycles. The zero-order valence-electron chi connectivity index (χ0n) is 12.0. The fourth-order valence-corrected chi connectivity index (χ4v) is 2.34. The van der Waals surface area contributed by atoms with Crippen LogP contribution in [0.1, 0.15) is 32.8 Å². The Morgan fingerprint density at radius 2 is 1.56 bits per heavy atom. The van der Waals surface area contributed by atoms with Crippen molar-refractivity contribution in [3.63, 3.8) is 0 Å². The lowest BCUT2D eigenvalue weighted by molar-refractivity contribution is 0.301. The van der Waals surface area contributed by atoms with E-state index in [1.54, 1.807) is 0 Å². The van der Waals surface area contributed by atoms with Crippen LogP contribution in [-0.2, 0) is 6.42 Å². The van der Waals surface area contributed by atoms with Gasteiger partial charge in [0.1, 0.15) is 0 Å². The van der Waals surface area contributed by atoms with Crippen molar-refractivity contribution in [1.82, 2.24) is 4.90 Å². The van der Waals surface area contributed by atoms with Gasteiger partial charge in [-0.3, -0.25) is 9.59 Å². The molecule has 0 amide bonds. The molecule has 4 heteroatoms. The van der Waals surface area contributed by atoms with Crippen LogP contribution in [0.2, 0.25) is 0 Å². The molecule has 0 atom stereocenters. The van der Waals surface area contributed by atoms with Gasteiger partial charge in [-0.05, 0) is 32.5 Å². The highest BCUT2D eigenvalue weighted by molar-refractivity contribution is 5.58. The molecule has 0 bridgehead atoms. The van der Waals surface area contributed by atoms with E-state index in [1.807, 2.05) is 18.9 Å². The Morgan fingerprint density at radius 1 is 0.944 bits per heavy atom. The summed E-state index contributed by atoms with van der Waals surface area (Å²) in [5.41, 5.74) is 0.743. The molecule has 102 valence electrons. The highest BCUT2D eigenvalue weighted by Gasteiger charge is 2.21. The number of hydrogen-bond acceptors (Lipinski definition) is 4. The smallest absolute Gasteiger partial charge is 0.249 e. The highest BCUT2D eigenvalue weighted by Crippen LogP contribution is 2.13. The van der Waals surface area contributed by atoms with Gasteiger partial charge in [-0.25, -0.2) is 0 Å². The summed E-state index contributed by atoms with van der Waals surface area (Å²) in [6, 6.07) is 0. The van der Waals surface area contributed by atoms with Crippen molar-refractivity contribution in [1.29, 1.82) is 0 Å². The predicted octanol–water partition coefficient (Wildman–Crippen LogP) is 1.01. The molecule has 0 saturated carbocycles. The summed E-state index contributed by atoms with van der Waals surface area (Å²) in [4.78, 5) is 27.2. The molecule has 4 nitrogen and oxygen atoms in total. The summed E-state index contributed by atoms with van der Waals surface area (Å²) in [6.07, 6.45) is 1.67. The van der Waals surface area contributed by atoms with Crippen LogP contribution in [0.15, 0.2) is 9.59 Å². The van der Waals surface area contributed by atoms with Crippen LogP contribution in [-0.4, -0.2) is 38.1 Å². The van der Waals surface area contributed by atoms with Crippen LogP contribution in [0.5, 0.6) is 0 Å². The monoisotopic (exact) mass is 252 g/mol. The summed E-state index contributed by atoms with van der Waals surface area (Å²) in [5, 5.41) is 0. The van der Waals surface area contributed by atoms with Crippen molar-refractivity contribution in [3.8, 4) is 0 Å². The maximum Gasteiger partial charge on any atom is 0.249 e. The van der Waals surface area contributed by atoms with Gasteiger partial charge in [0.25, 0.3) is 0 Å². The predicted molar refractivity (Wildman–Crippen MR) is 76.4 cm³/mol. The first-order chi connectivity index (χ1) is 8.56. The fraction of sp³-hybridized carbons (Fsp3) is 0.714. The van der Waals surface area contributed by atoms with Gasteiger partial charge in [0.05, 0.1) is 5.69 Å². The first-order valence-electron chi connectivity index (χ1n) is 6.82. The third kappa shape index (κ3) is 2.99. The summed E-state index contributed by atoms with van der Waals surface area (Å²) < 4.78 is 0. The number of rotatable bonds is 8. The second kappa shape index (κ2) is 6.69. The average molecular weight is 252 g/mol. The molecular weight excluding hydrogens is 228 g/mol. The Bertz CT molecular complexity index is 443. The molecular formula is C14H24N2O2. The normalized spacial score (nSPS) is 11.4. The van der Waals surface area contributed by atoms with Crippen molar-refractivity contribution in [2.45, 2.75) is 33.6 Å². The van der Waals surface area contributed by atoms with E-state index in [1.165, 1.54) is 0 Å². The second-order valence-corrected chi connectivity index (χ2v) is 4.64. The Kier molecular flexibility index (Phi) is 5.54. The van der Waals surface area contributed by atoms with Crippen LogP contribution in [0.4, 0.5) is 5.69 Å². The highest BCUT2D eigenvalue weighted by atomic mass is 16.2. The van der Waals surface area contributed by atoms with Gasteiger partial charge in [-0.2, -0.15) is 0 Å². The standard InChI is InChI=1S/C14H24N2O2/c1-5-11-12(14(18)13(11)17)15(4)9-8-10-16(6-2)7-3/h5-10H2,1-4H3. The van der Waals surface area contributed by atoms with E-state index in [4.69, 9.17) is 0 Å². The molecule has 0 saturated heterocycles. The van der Waals surface area contributed by atoms with E-state index in [9.17, 15) is 9.59 Å². The maximum absolute atomic E-state index is 11.5. The van der Waals surface area contributed by atoms with Crippen LogP contribution in [0.3, 0.4) is 0 Å². The van der Waals surface area contributed by atoms with Crippen LogP contribution in [0.25, 0.3) is 0 Å². The van der Waals surface area contributed by atoms with Crippen LogP contribution in [0, 0.1) is 0 Å². The fourth-order valence-electron chi connectivity index (χ4n) is 2.34. The largest absolute Gasteiger partial charge is 0.371 e. The van der Waals surface area contributed by atoms with Crippen molar-refractivity contribution in [3.05, 3.63) is 26.0 Å². The van der Waals surface area contributed by atoms with Gasteiger partial charge >= 0.3 is 0 Å². The number of nitrogens with zero attached hydrogens (tertiary/aromatic N) is 2. The summed E-state index contributed by atoms with van der Waals surface area (Å²) in [5.74, 6) is 0. The summed E-state index contributed by atoms with van der Waals surface area (Å²) in [6.45, 7) is 10.2. The average Bonchev–Trinajstić information content (AvgIpc) is 2.39. The SMILES string of the molecule is CCc1c(N(C)CCCN(CC)CC)c(=O)c1=O. The molecule has 0 N–H and O–H groups in total. The molecule has 18 heavy (non-hydrogen) atoms. The lowest BCUT2D eigenvalue weighted by atomic mass is 10.0. The molecule has 0 spiro atoms. The summed E-state index contributed by atoms with van der Waals surface area (Å²) >= 11 is 0. The van der Waals surface area contributed by atoms with Crippen LogP contribution < -0.4 is 15.8 Å². The lowest BCUT2D eigenvalue weighted by Gasteiger charge is -2.24. The Morgan fingerprint density at radius 3 is 2.06 bits per heavy atom. The van der Waals surface area contributed by atoms with E-state index < -0.39 is 0 Å². The van der Waals surface area contributed by atoms with Gasteiger partial charge in [0.2, 0.25) is 10.9 Å². The Labute approximate surface area is 109 Å². The molecule has 0 aliphatic rings. The molecule has 0 aromatic heterocycles. The van der Waals surface area contributed by atoms with Gasteiger partial charge in [-0.1, -0.05) is 20.8 Å². The van der Waals surface area contributed by atoms with E-state index in [-0.39, 0.29) is 10.9 Å². The first kappa shape index (κ1) is 14.9. The van der Waals surface area contributed by atoms with Gasteiger partial charge < -0.3 is 9.80 Å². The van der Waals surface area contributed by atoms with Gasteiger partial charge in [-0.15, -0.1) is 0 Å². The third-order valence-corrected chi connectivity index (χ3v) is 3.58. The molecule has 0 radical (unpaired) electrons. The van der Waals surface area contributed by atoms with Crippen molar-refractivity contribution < 1.29 is 0 Å². The van der Waals surface area contributed by atoms with E-state index in [0.717, 1.165) is 32.6 Å². The van der Waals surface area contributed by atoms with Crippen LogP contribution >= 0.6 is 0 Å². The van der Waals surface area contributed by atoms with Crippen molar-refractivity contribution in [2.24, 2.45) is 0 Å². The van der Waals surface area contributed by atoms with Gasteiger partial charge in [0, 0.05) is 19.2 Å². The Hall–Kier alpha value is -1.16. The molecule has 0 unspecified atom stereocenters. The van der Waals surface area contributed by atoms with E-state index in [0.29, 0.717) is 17.7 Å². The zero-order chi connectivity index (χ0) is 13.7. The number of hydrogen-bond donors (Lipinski definition) is 0. The van der Waals surface area contributed by atoms with Crippen molar-refractivity contribution >= 4 is 5.69 Å². The maximum atomic E-state index is 11.5. The third-order valence-electron chi connectivity index (χ3n) is 3.58. The molecule has 0 aliphatic heterocycles. The zero-order valence-corrected chi connectivity index (χ0v) is 12.0. The lowest BCUT2D eigenvalue weighted by Crippen LogP contribution is -2.43. The minimum atomic E-state index is -0.308. The quantitative estimate of drug-likeness (QED) is 0.648. The van der Waals surface area contributed by atoms with E-state index >= 15 is 0 Å². The molecule has 0 fully saturated rings. The molecule has 1 rings (SSSR count). The molecule has 1 aromatic rings. The number of anilines is 1. The second-order valence-electron chi connectivity index (χ2n) is 4.64. The molecule has 0 aliphatic carbocycles. The van der Waals surface area contributed by atoms with Crippen molar-refractivity contribution in [2.75, 3.05) is 38.1 Å². The first-order valence-corrected chi connectivity index (χ1v) is 6.82. The minimum Gasteiger partial charge on any atom is -0.371 e. The topological polar surface area (TPSA) is 40.6 Å². The van der Waals surface area contributed by atoms with E-state index in [2.05, 4.69) is 18.7 Å². The minimum absolute atomic E-state index is 0.289.